The SMILES string of the molecule is CC(CO)N(C)Cc1ccc([N+](=O)[O-])c(NN)c1. The molecule has 0 saturated heterocycles. The van der Waals surface area contributed by atoms with Crippen molar-refractivity contribution in [2.24, 2.45) is 5.84 Å². The zero-order valence-corrected chi connectivity index (χ0v) is 10.5. The predicted molar refractivity (Wildman–Crippen MR) is 68.9 cm³/mol. The van der Waals surface area contributed by atoms with Crippen molar-refractivity contribution in [2.75, 3.05) is 19.1 Å². The Morgan fingerprint density at radius 3 is 2.78 bits per heavy atom. The van der Waals surface area contributed by atoms with Crippen LogP contribution in [0.25, 0.3) is 0 Å². The molecule has 1 rings (SSSR count). The quantitative estimate of drug-likeness (QED) is 0.392. The van der Waals surface area contributed by atoms with Crippen LogP contribution in [0.2, 0.25) is 0 Å². The summed E-state index contributed by atoms with van der Waals surface area (Å²) in [6.07, 6.45) is 0. The van der Waals surface area contributed by atoms with Gasteiger partial charge >= 0.3 is 0 Å². The highest BCUT2D eigenvalue weighted by atomic mass is 16.6. The van der Waals surface area contributed by atoms with E-state index in [0.717, 1.165) is 5.56 Å². The number of nitrogens with zero attached hydrogens (tertiary/aromatic N) is 2. The molecule has 0 radical (unpaired) electrons. The second-order valence-corrected chi connectivity index (χ2v) is 4.20. The van der Waals surface area contributed by atoms with E-state index in [4.69, 9.17) is 10.9 Å². The van der Waals surface area contributed by atoms with Crippen molar-refractivity contribution >= 4 is 11.4 Å². The highest BCUT2D eigenvalue weighted by molar-refractivity contribution is 5.62. The number of hydrogen-bond acceptors (Lipinski definition) is 6. The molecule has 0 saturated carbocycles. The first-order valence-electron chi connectivity index (χ1n) is 5.54. The summed E-state index contributed by atoms with van der Waals surface area (Å²) in [5.41, 5.74) is 3.43. The third-order valence-corrected chi connectivity index (χ3v) is 2.86. The number of aliphatic hydroxyl groups is 1. The molecule has 0 bridgehead atoms. The van der Waals surface area contributed by atoms with Crippen LogP contribution in [0.3, 0.4) is 0 Å². The summed E-state index contributed by atoms with van der Waals surface area (Å²) in [6.45, 7) is 2.54. The van der Waals surface area contributed by atoms with Crippen LogP contribution in [0, 0.1) is 10.1 Å². The number of nitrogens with two attached hydrogens (primary N) is 1. The summed E-state index contributed by atoms with van der Waals surface area (Å²) in [5.74, 6) is 5.27. The number of hydrogen-bond donors (Lipinski definition) is 3. The molecule has 1 aromatic rings. The molecular weight excluding hydrogens is 236 g/mol. The highest BCUT2D eigenvalue weighted by Crippen LogP contribution is 2.25. The highest BCUT2D eigenvalue weighted by Gasteiger charge is 2.15. The molecule has 0 heterocycles. The molecule has 1 unspecified atom stereocenters. The van der Waals surface area contributed by atoms with Gasteiger partial charge in [0, 0.05) is 18.7 Å². The maximum Gasteiger partial charge on any atom is 0.293 e. The van der Waals surface area contributed by atoms with Gasteiger partial charge in [-0.2, -0.15) is 0 Å². The van der Waals surface area contributed by atoms with E-state index in [0.29, 0.717) is 6.54 Å². The number of rotatable bonds is 6. The topological polar surface area (TPSA) is 105 Å². The average molecular weight is 254 g/mol. The van der Waals surface area contributed by atoms with E-state index >= 15 is 0 Å². The number of likely N-dealkylation sites (N-methyl/N-ethyl adjacent to an activating group) is 1. The maximum absolute atomic E-state index is 10.7. The van der Waals surface area contributed by atoms with E-state index in [1.807, 2.05) is 18.9 Å². The fourth-order valence-electron chi connectivity index (χ4n) is 1.54. The van der Waals surface area contributed by atoms with Gasteiger partial charge in [0.05, 0.1) is 11.5 Å². The molecule has 0 aliphatic carbocycles. The van der Waals surface area contributed by atoms with Gasteiger partial charge in [-0.3, -0.25) is 20.9 Å². The van der Waals surface area contributed by atoms with Crippen LogP contribution in [0.4, 0.5) is 11.4 Å². The van der Waals surface area contributed by atoms with E-state index in [1.165, 1.54) is 6.07 Å². The van der Waals surface area contributed by atoms with Gasteiger partial charge in [-0.15, -0.1) is 0 Å². The molecule has 0 aliphatic rings. The zero-order valence-electron chi connectivity index (χ0n) is 10.5. The summed E-state index contributed by atoms with van der Waals surface area (Å²) in [6, 6.07) is 4.76. The van der Waals surface area contributed by atoms with E-state index < -0.39 is 4.92 Å². The fraction of sp³-hybridized carbons (Fsp3) is 0.455. The first kappa shape index (κ1) is 14.4. The van der Waals surface area contributed by atoms with Crippen molar-refractivity contribution in [1.29, 1.82) is 0 Å². The minimum absolute atomic E-state index is 0.0227. The van der Waals surface area contributed by atoms with Crippen molar-refractivity contribution in [1.82, 2.24) is 4.90 Å². The Kier molecular flexibility index (Phi) is 5.02. The lowest BCUT2D eigenvalue weighted by Gasteiger charge is -2.22. The number of benzene rings is 1. The van der Waals surface area contributed by atoms with E-state index in [9.17, 15) is 10.1 Å². The lowest BCUT2D eigenvalue weighted by Crippen LogP contribution is -2.31. The van der Waals surface area contributed by atoms with Crippen LogP contribution in [0.15, 0.2) is 18.2 Å². The third kappa shape index (κ3) is 3.39. The molecule has 0 aromatic heterocycles. The molecule has 0 fully saturated rings. The molecule has 100 valence electrons. The third-order valence-electron chi connectivity index (χ3n) is 2.86. The first-order valence-corrected chi connectivity index (χ1v) is 5.54. The summed E-state index contributed by atoms with van der Waals surface area (Å²) >= 11 is 0. The number of hydrazine groups is 1. The number of nitrogens with one attached hydrogen (secondary N) is 1. The molecular formula is C11H18N4O3. The summed E-state index contributed by atoms with van der Waals surface area (Å²) in [4.78, 5) is 12.2. The summed E-state index contributed by atoms with van der Waals surface area (Å²) < 4.78 is 0. The van der Waals surface area contributed by atoms with Crippen LogP contribution in [-0.4, -0.2) is 34.6 Å². The minimum atomic E-state index is -0.487. The van der Waals surface area contributed by atoms with Crippen LogP contribution in [-0.2, 0) is 6.54 Å². The molecule has 7 nitrogen and oxygen atoms in total. The standard InChI is InChI=1S/C11H18N4O3/c1-8(7-16)14(2)6-9-3-4-11(15(17)18)10(5-9)13-12/h3-5,8,13,16H,6-7,12H2,1-2H3. The van der Waals surface area contributed by atoms with Crippen molar-refractivity contribution in [3.63, 3.8) is 0 Å². The average Bonchev–Trinajstić information content (AvgIpc) is 2.37. The van der Waals surface area contributed by atoms with E-state index in [1.54, 1.807) is 12.1 Å². The fourth-order valence-corrected chi connectivity index (χ4v) is 1.54. The Labute approximate surface area is 105 Å². The van der Waals surface area contributed by atoms with Crippen molar-refractivity contribution < 1.29 is 10.0 Å². The Balaban J connectivity index is 2.89. The van der Waals surface area contributed by atoms with Crippen LogP contribution in [0.5, 0.6) is 0 Å². The van der Waals surface area contributed by atoms with Crippen molar-refractivity contribution in [3.8, 4) is 0 Å². The van der Waals surface area contributed by atoms with Gasteiger partial charge in [0.2, 0.25) is 0 Å². The van der Waals surface area contributed by atoms with Gasteiger partial charge in [-0.05, 0) is 25.6 Å². The van der Waals surface area contributed by atoms with Gasteiger partial charge < -0.3 is 10.5 Å². The molecule has 0 amide bonds. The lowest BCUT2D eigenvalue weighted by atomic mass is 10.1. The van der Waals surface area contributed by atoms with E-state index in [-0.39, 0.29) is 24.0 Å². The molecule has 1 aromatic carbocycles. The second-order valence-electron chi connectivity index (χ2n) is 4.20. The van der Waals surface area contributed by atoms with Crippen LogP contribution >= 0.6 is 0 Å². The monoisotopic (exact) mass is 254 g/mol. The normalized spacial score (nSPS) is 12.5. The minimum Gasteiger partial charge on any atom is -0.395 e. The second kappa shape index (κ2) is 6.29. The van der Waals surface area contributed by atoms with Gasteiger partial charge in [0.25, 0.3) is 5.69 Å². The predicted octanol–water partition coefficient (Wildman–Crippen LogP) is 0.693. The van der Waals surface area contributed by atoms with Gasteiger partial charge in [0.1, 0.15) is 5.69 Å². The molecule has 0 aliphatic heterocycles. The summed E-state index contributed by atoms with van der Waals surface area (Å²) in [5, 5.41) is 19.8. The number of anilines is 1. The zero-order chi connectivity index (χ0) is 13.7. The Morgan fingerprint density at radius 2 is 2.28 bits per heavy atom. The van der Waals surface area contributed by atoms with Gasteiger partial charge in [0.15, 0.2) is 0 Å². The number of nitro benzene ring substituents is 1. The van der Waals surface area contributed by atoms with Gasteiger partial charge in [-0.1, -0.05) is 6.07 Å². The largest absolute Gasteiger partial charge is 0.395 e. The van der Waals surface area contributed by atoms with Gasteiger partial charge in [-0.25, -0.2) is 0 Å². The Morgan fingerprint density at radius 1 is 1.61 bits per heavy atom. The van der Waals surface area contributed by atoms with Crippen molar-refractivity contribution in [2.45, 2.75) is 19.5 Å². The molecule has 18 heavy (non-hydrogen) atoms. The maximum atomic E-state index is 10.7. The number of nitrogen functional groups attached to an aromatic ring is 1. The summed E-state index contributed by atoms with van der Waals surface area (Å²) in [7, 11) is 1.87. The number of aliphatic hydroxyl groups excluding tert-OH is 1. The molecule has 0 spiro atoms. The first-order chi connectivity index (χ1) is 8.49. The van der Waals surface area contributed by atoms with E-state index in [2.05, 4.69) is 5.43 Å². The van der Waals surface area contributed by atoms with Crippen molar-refractivity contribution in [3.05, 3.63) is 33.9 Å². The smallest absolute Gasteiger partial charge is 0.293 e. The Hall–Kier alpha value is -1.70. The molecule has 1 atom stereocenters. The number of nitro groups is 1. The molecule has 7 heteroatoms. The molecule has 4 N–H and O–H groups in total. The van der Waals surface area contributed by atoms with Crippen LogP contribution in [0.1, 0.15) is 12.5 Å². The van der Waals surface area contributed by atoms with Crippen LogP contribution < -0.4 is 11.3 Å². The Bertz CT molecular complexity index is 425. The lowest BCUT2D eigenvalue weighted by molar-refractivity contribution is -0.384.